The molecule has 0 aliphatic rings. The molecule has 0 saturated carbocycles. The van der Waals surface area contributed by atoms with E-state index >= 15 is 0 Å². The molecule has 158 valence electrons. The van der Waals surface area contributed by atoms with Gasteiger partial charge in [0.2, 0.25) is 0 Å². The van der Waals surface area contributed by atoms with Gasteiger partial charge in [-0.2, -0.15) is 0 Å². The summed E-state index contributed by atoms with van der Waals surface area (Å²) in [7, 11) is 3.98. The molecule has 0 radical (unpaired) electrons. The Morgan fingerprint density at radius 1 is 0.846 bits per heavy atom. The smallest absolute Gasteiger partial charge is 0.361 e. The van der Waals surface area contributed by atoms with Crippen molar-refractivity contribution in [2.24, 2.45) is 0 Å². The average molecular weight is 396 g/mol. The SMILES string of the molecule is CCCCCCCCCCCCOC(=O)C[N+](C)(C)CCOCCO.[Cl-]. The topological polar surface area (TPSA) is 55.8 Å². The van der Waals surface area contributed by atoms with Crippen LogP contribution in [0.3, 0.4) is 0 Å². The molecule has 0 heterocycles. The molecule has 0 unspecified atom stereocenters. The molecule has 0 rings (SSSR count). The van der Waals surface area contributed by atoms with Gasteiger partial charge < -0.3 is 31.5 Å². The van der Waals surface area contributed by atoms with Crippen LogP contribution in [0.15, 0.2) is 0 Å². The number of aliphatic hydroxyl groups excluding tert-OH is 1. The molecule has 0 fully saturated rings. The van der Waals surface area contributed by atoms with Gasteiger partial charge in [0, 0.05) is 0 Å². The van der Waals surface area contributed by atoms with Gasteiger partial charge in [-0.3, -0.25) is 0 Å². The minimum absolute atomic E-state index is 0. The van der Waals surface area contributed by atoms with Gasteiger partial charge in [-0.15, -0.1) is 0 Å². The Balaban J connectivity index is 0. The fraction of sp³-hybridized carbons (Fsp3) is 0.950. The van der Waals surface area contributed by atoms with E-state index in [0.717, 1.165) is 19.4 Å². The number of carbonyl (C=O) groups is 1. The minimum Gasteiger partial charge on any atom is -1.00 e. The number of halogens is 1. The lowest BCUT2D eigenvalue weighted by Gasteiger charge is -2.28. The lowest BCUT2D eigenvalue weighted by Crippen LogP contribution is -3.00. The van der Waals surface area contributed by atoms with Crippen molar-refractivity contribution in [2.45, 2.75) is 71.1 Å². The standard InChI is InChI=1S/C20H42NO4.ClH/c1-4-5-6-7-8-9-10-11-12-13-16-25-20(23)19-21(2,3)14-17-24-18-15-22;/h22H,4-19H2,1-3H3;1H/q+1;/p-1. The molecule has 0 aromatic rings. The quantitative estimate of drug-likeness (QED) is 0.209. The number of rotatable bonds is 18. The van der Waals surface area contributed by atoms with Gasteiger partial charge in [-0.05, 0) is 6.42 Å². The predicted octanol–water partition coefficient (Wildman–Crippen LogP) is 0.540. The summed E-state index contributed by atoms with van der Waals surface area (Å²) >= 11 is 0. The van der Waals surface area contributed by atoms with Gasteiger partial charge in [-0.1, -0.05) is 64.7 Å². The molecule has 0 bridgehead atoms. The Morgan fingerprint density at radius 3 is 1.92 bits per heavy atom. The van der Waals surface area contributed by atoms with Crippen LogP contribution in [0.25, 0.3) is 0 Å². The maximum absolute atomic E-state index is 11.9. The van der Waals surface area contributed by atoms with Crippen LogP contribution in [0.4, 0.5) is 0 Å². The number of likely N-dealkylation sites (N-methyl/N-ethyl adjacent to an activating group) is 1. The normalized spacial score (nSPS) is 11.2. The zero-order valence-corrected chi connectivity index (χ0v) is 18.1. The van der Waals surface area contributed by atoms with E-state index in [4.69, 9.17) is 14.6 Å². The highest BCUT2D eigenvalue weighted by atomic mass is 35.5. The first kappa shape index (κ1) is 27.9. The third-order valence-corrected chi connectivity index (χ3v) is 4.39. The van der Waals surface area contributed by atoms with Crippen LogP contribution >= 0.6 is 0 Å². The summed E-state index contributed by atoms with van der Waals surface area (Å²) in [5.41, 5.74) is 0. The van der Waals surface area contributed by atoms with Crippen molar-refractivity contribution in [2.75, 3.05) is 53.6 Å². The average Bonchev–Trinajstić information content (AvgIpc) is 2.56. The van der Waals surface area contributed by atoms with Crippen molar-refractivity contribution in [1.82, 2.24) is 0 Å². The first-order chi connectivity index (χ1) is 12.0. The molecule has 1 N–H and O–H groups in total. The van der Waals surface area contributed by atoms with Crippen molar-refractivity contribution < 1.29 is 36.3 Å². The molecule has 0 atom stereocenters. The Labute approximate surface area is 167 Å². The maximum Gasteiger partial charge on any atom is 0.361 e. The highest BCUT2D eigenvalue weighted by Gasteiger charge is 2.20. The Bertz CT molecular complexity index is 314. The number of ether oxygens (including phenoxy) is 2. The molecule has 0 aliphatic carbocycles. The maximum atomic E-state index is 11.9. The third kappa shape index (κ3) is 20.0. The van der Waals surface area contributed by atoms with E-state index in [1.165, 1.54) is 51.4 Å². The monoisotopic (exact) mass is 395 g/mol. The van der Waals surface area contributed by atoms with Crippen molar-refractivity contribution >= 4 is 5.97 Å². The lowest BCUT2D eigenvalue weighted by molar-refractivity contribution is -0.883. The van der Waals surface area contributed by atoms with Crippen LogP contribution in [0.5, 0.6) is 0 Å². The Kier molecular flexibility index (Phi) is 20.8. The van der Waals surface area contributed by atoms with E-state index < -0.39 is 0 Å². The largest absolute Gasteiger partial charge is 1.00 e. The van der Waals surface area contributed by atoms with Crippen LogP contribution in [0.2, 0.25) is 0 Å². The highest BCUT2D eigenvalue weighted by Crippen LogP contribution is 2.10. The number of unbranched alkanes of at least 4 members (excludes halogenated alkanes) is 9. The summed E-state index contributed by atoms with van der Waals surface area (Å²) in [5.74, 6) is -0.136. The third-order valence-electron chi connectivity index (χ3n) is 4.39. The van der Waals surface area contributed by atoms with Gasteiger partial charge in [0.05, 0.1) is 40.5 Å². The van der Waals surface area contributed by atoms with E-state index in [-0.39, 0.29) is 25.0 Å². The van der Waals surface area contributed by atoms with Crippen molar-refractivity contribution in [3.63, 3.8) is 0 Å². The van der Waals surface area contributed by atoms with Crippen LogP contribution < -0.4 is 12.4 Å². The summed E-state index contributed by atoms with van der Waals surface area (Å²) in [5, 5.41) is 8.67. The van der Waals surface area contributed by atoms with Crippen molar-refractivity contribution in [1.29, 1.82) is 0 Å². The highest BCUT2D eigenvalue weighted by molar-refractivity contribution is 5.70. The van der Waals surface area contributed by atoms with E-state index in [1.54, 1.807) is 0 Å². The second kappa shape index (κ2) is 19.4. The summed E-state index contributed by atoms with van der Waals surface area (Å²) in [4.78, 5) is 11.9. The van der Waals surface area contributed by atoms with E-state index in [0.29, 0.717) is 30.8 Å². The molecule has 0 aromatic heterocycles. The Hall–Kier alpha value is -0.360. The number of hydrogen-bond acceptors (Lipinski definition) is 4. The first-order valence-corrected chi connectivity index (χ1v) is 10.2. The number of esters is 1. The van der Waals surface area contributed by atoms with Crippen LogP contribution in [-0.2, 0) is 14.3 Å². The van der Waals surface area contributed by atoms with Crippen LogP contribution in [0.1, 0.15) is 71.1 Å². The molecule has 0 aliphatic heterocycles. The summed E-state index contributed by atoms with van der Waals surface area (Å²) in [6.45, 7) is 4.81. The van der Waals surface area contributed by atoms with Gasteiger partial charge in [0.1, 0.15) is 6.54 Å². The second-order valence-electron chi connectivity index (χ2n) is 7.56. The van der Waals surface area contributed by atoms with Gasteiger partial charge in [-0.25, -0.2) is 4.79 Å². The second-order valence-corrected chi connectivity index (χ2v) is 7.56. The fourth-order valence-electron chi connectivity index (χ4n) is 2.73. The molecular formula is C20H42ClNO4. The molecule has 0 saturated heterocycles. The zero-order valence-electron chi connectivity index (χ0n) is 17.3. The van der Waals surface area contributed by atoms with E-state index in [9.17, 15) is 4.79 Å². The lowest BCUT2D eigenvalue weighted by atomic mass is 10.1. The number of carbonyl (C=O) groups excluding carboxylic acids is 1. The van der Waals surface area contributed by atoms with Gasteiger partial charge in [0.15, 0.2) is 6.54 Å². The molecule has 6 heteroatoms. The van der Waals surface area contributed by atoms with Crippen molar-refractivity contribution in [3.8, 4) is 0 Å². The van der Waals surface area contributed by atoms with E-state index in [1.807, 2.05) is 14.1 Å². The van der Waals surface area contributed by atoms with Gasteiger partial charge in [0.25, 0.3) is 0 Å². The fourth-order valence-corrected chi connectivity index (χ4v) is 2.73. The molecule has 0 amide bonds. The summed E-state index contributed by atoms with van der Waals surface area (Å²) < 4.78 is 11.1. The minimum atomic E-state index is -0.136. The number of aliphatic hydroxyl groups is 1. The molecule has 0 aromatic carbocycles. The Morgan fingerprint density at radius 2 is 1.38 bits per heavy atom. The van der Waals surface area contributed by atoms with Crippen LogP contribution in [-0.4, -0.2) is 69.2 Å². The van der Waals surface area contributed by atoms with Crippen molar-refractivity contribution in [3.05, 3.63) is 0 Å². The molecule has 5 nitrogen and oxygen atoms in total. The first-order valence-electron chi connectivity index (χ1n) is 10.2. The molecule has 0 spiro atoms. The molecular weight excluding hydrogens is 354 g/mol. The summed E-state index contributed by atoms with van der Waals surface area (Å²) in [6, 6.07) is 0. The predicted molar refractivity (Wildman–Crippen MR) is 103 cm³/mol. The number of quaternary nitrogens is 1. The van der Waals surface area contributed by atoms with Crippen LogP contribution in [0, 0.1) is 0 Å². The number of nitrogens with zero attached hydrogens (tertiary/aromatic N) is 1. The van der Waals surface area contributed by atoms with E-state index in [2.05, 4.69) is 6.92 Å². The molecule has 26 heavy (non-hydrogen) atoms. The number of hydrogen-bond donors (Lipinski definition) is 1. The zero-order chi connectivity index (χ0) is 18.8. The summed E-state index contributed by atoms with van der Waals surface area (Å²) in [6.07, 6.45) is 12.8. The van der Waals surface area contributed by atoms with Gasteiger partial charge >= 0.3 is 5.97 Å².